The molecule has 0 aliphatic carbocycles. The molecule has 2 rings (SSSR count). The predicted molar refractivity (Wildman–Crippen MR) is 81.6 cm³/mol. The fourth-order valence-corrected chi connectivity index (χ4v) is 2.66. The van der Waals surface area contributed by atoms with E-state index in [0.29, 0.717) is 26.2 Å². The van der Waals surface area contributed by atoms with E-state index in [4.69, 9.17) is 40.6 Å². The number of halogens is 4. The Balaban J connectivity index is 2.37. The van der Waals surface area contributed by atoms with Crippen LogP contribution in [0.1, 0.15) is 17.2 Å². The lowest BCUT2D eigenvalue weighted by molar-refractivity contribution is 0.529. The van der Waals surface area contributed by atoms with Crippen LogP contribution in [-0.2, 0) is 6.42 Å². The molecule has 20 heavy (non-hydrogen) atoms. The van der Waals surface area contributed by atoms with Gasteiger partial charge in [0.2, 0.25) is 0 Å². The van der Waals surface area contributed by atoms with Crippen LogP contribution in [0.25, 0.3) is 0 Å². The quantitative estimate of drug-likeness (QED) is 0.637. The van der Waals surface area contributed by atoms with Crippen LogP contribution >= 0.6 is 34.8 Å². The summed E-state index contributed by atoms with van der Waals surface area (Å²) >= 11 is 18.2. The largest absolute Gasteiger partial charge is 0.271 e. The normalized spacial score (nSPS) is 12.4. The van der Waals surface area contributed by atoms with Gasteiger partial charge in [-0.3, -0.25) is 11.3 Å². The standard InChI is InChI=1S/C14H12Cl3FN2/c15-10-4-2-6-12(18)9(10)7-13(20-19)8-3-1-5-11(16)14(8)17/h1-6,13,20H,7,19H2. The van der Waals surface area contributed by atoms with E-state index in [1.165, 1.54) is 6.07 Å². The summed E-state index contributed by atoms with van der Waals surface area (Å²) in [6.07, 6.45) is 0.266. The van der Waals surface area contributed by atoms with Gasteiger partial charge in [0.25, 0.3) is 0 Å². The van der Waals surface area contributed by atoms with Crippen molar-refractivity contribution >= 4 is 34.8 Å². The third kappa shape index (κ3) is 3.25. The van der Waals surface area contributed by atoms with E-state index in [1.54, 1.807) is 30.3 Å². The average Bonchev–Trinajstić information content (AvgIpc) is 2.42. The van der Waals surface area contributed by atoms with Crippen LogP contribution in [0.3, 0.4) is 0 Å². The van der Waals surface area contributed by atoms with E-state index in [1.807, 2.05) is 0 Å². The van der Waals surface area contributed by atoms with E-state index in [9.17, 15) is 4.39 Å². The Labute approximate surface area is 131 Å². The fourth-order valence-electron chi connectivity index (χ4n) is 1.98. The van der Waals surface area contributed by atoms with Crippen LogP contribution in [0.4, 0.5) is 4.39 Å². The molecule has 0 spiro atoms. The molecule has 0 aliphatic heterocycles. The number of hydrogen-bond donors (Lipinski definition) is 2. The summed E-state index contributed by atoms with van der Waals surface area (Å²) in [5, 5.41) is 1.16. The van der Waals surface area contributed by atoms with Gasteiger partial charge in [-0.15, -0.1) is 0 Å². The summed E-state index contributed by atoms with van der Waals surface area (Å²) in [6, 6.07) is 9.37. The van der Waals surface area contributed by atoms with Crippen molar-refractivity contribution in [1.82, 2.24) is 5.43 Å². The van der Waals surface area contributed by atoms with Gasteiger partial charge in [-0.25, -0.2) is 4.39 Å². The minimum Gasteiger partial charge on any atom is -0.271 e. The molecule has 2 aromatic rings. The van der Waals surface area contributed by atoms with Crippen molar-refractivity contribution in [2.45, 2.75) is 12.5 Å². The van der Waals surface area contributed by atoms with E-state index in [0.717, 1.165) is 0 Å². The fraction of sp³-hybridized carbons (Fsp3) is 0.143. The molecule has 0 heterocycles. The first-order chi connectivity index (χ1) is 9.54. The zero-order chi connectivity index (χ0) is 14.7. The molecule has 0 radical (unpaired) electrons. The van der Waals surface area contributed by atoms with Gasteiger partial charge in [0.1, 0.15) is 5.82 Å². The van der Waals surface area contributed by atoms with Crippen LogP contribution in [0.2, 0.25) is 15.1 Å². The van der Waals surface area contributed by atoms with E-state index in [-0.39, 0.29) is 12.2 Å². The summed E-state index contributed by atoms with van der Waals surface area (Å²) in [6.45, 7) is 0. The SMILES string of the molecule is NNC(Cc1c(F)cccc1Cl)c1cccc(Cl)c1Cl. The van der Waals surface area contributed by atoms with Gasteiger partial charge in [0, 0.05) is 10.6 Å². The topological polar surface area (TPSA) is 38.0 Å². The molecular weight excluding hydrogens is 322 g/mol. The van der Waals surface area contributed by atoms with Crippen molar-refractivity contribution in [3.05, 3.63) is 68.4 Å². The van der Waals surface area contributed by atoms with Gasteiger partial charge >= 0.3 is 0 Å². The zero-order valence-electron chi connectivity index (χ0n) is 10.3. The van der Waals surface area contributed by atoms with Crippen LogP contribution in [0, 0.1) is 5.82 Å². The van der Waals surface area contributed by atoms with Crippen LogP contribution in [-0.4, -0.2) is 0 Å². The third-order valence-electron chi connectivity index (χ3n) is 3.03. The maximum atomic E-state index is 13.8. The molecule has 0 fully saturated rings. The Hall–Kier alpha value is -0.840. The lowest BCUT2D eigenvalue weighted by Crippen LogP contribution is -2.30. The molecule has 0 saturated carbocycles. The molecule has 0 amide bonds. The second-order valence-corrected chi connectivity index (χ2v) is 5.46. The average molecular weight is 334 g/mol. The maximum absolute atomic E-state index is 13.8. The highest BCUT2D eigenvalue weighted by Crippen LogP contribution is 2.32. The second kappa shape index (κ2) is 6.74. The molecule has 106 valence electrons. The Morgan fingerprint density at radius 2 is 1.70 bits per heavy atom. The van der Waals surface area contributed by atoms with Gasteiger partial charge in [0.05, 0.1) is 16.1 Å². The highest BCUT2D eigenvalue weighted by molar-refractivity contribution is 6.42. The van der Waals surface area contributed by atoms with E-state index in [2.05, 4.69) is 5.43 Å². The van der Waals surface area contributed by atoms with Gasteiger partial charge in [-0.1, -0.05) is 53.0 Å². The summed E-state index contributed by atoms with van der Waals surface area (Å²) < 4.78 is 13.8. The Morgan fingerprint density at radius 1 is 1.05 bits per heavy atom. The molecule has 3 N–H and O–H groups in total. The van der Waals surface area contributed by atoms with Gasteiger partial charge < -0.3 is 0 Å². The Morgan fingerprint density at radius 3 is 2.35 bits per heavy atom. The third-order valence-corrected chi connectivity index (χ3v) is 4.22. The van der Waals surface area contributed by atoms with Crippen molar-refractivity contribution < 1.29 is 4.39 Å². The first-order valence-electron chi connectivity index (χ1n) is 5.87. The van der Waals surface area contributed by atoms with Crippen molar-refractivity contribution in [2.75, 3.05) is 0 Å². The van der Waals surface area contributed by atoms with Crippen LogP contribution in [0.5, 0.6) is 0 Å². The lowest BCUT2D eigenvalue weighted by atomic mass is 9.99. The van der Waals surface area contributed by atoms with Crippen molar-refractivity contribution in [1.29, 1.82) is 0 Å². The molecular formula is C14H12Cl3FN2. The zero-order valence-corrected chi connectivity index (χ0v) is 12.6. The smallest absolute Gasteiger partial charge is 0.127 e. The molecule has 0 aliphatic rings. The number of nitrogens with two attached hydrogens (primary N) is 1. The van der Waals surface area contributed by atoms with Crippen LogP contribution in [0.15, 0.2) is 36.4 Å². The summed E-state index contributed by atoms with van der Waals surface area (Å²) in [5.74, 6) is 5.18. The predicted octanol–water partition coefficient (Wildman–Crippen LogP) is 4.53. The minimum absolute atomic E-state index is 0.266. The van der Waals surface area contributed by atoms with Gasteiger partial charge in [-0.05, 0) is 30.2 Å². The lowest BCUT2D eigenvalue weighted by Gasteiger charge is -2.19. The van der Waals surface area contributed by atoms with Crippen molar-refractivity contribution in [2.24, 2.45) is 5.84 Å². The molecule has 2 nitrogen and oxygen atoms in total. The molecule has 2 aromatic carbocycles. The summed E-state index contributed by atoms with van der Waals surface area (Å²) in [7, 11) is 0. The molecule has 1 atom stereocenters. The molecule has 1 unspecified atom stereocenters. The van der Waals surface area contributed by atoms with Gasteiger partial charge in [-0.2, -0.15) is 0 Å². The highest BCUT2D eigenvalue weighted by atomic mass is 35.5. The second-order valence-electron chi connectivity index (χ2n) is 4.27. The Kier molecular flexibility index (Phi) is 5.24. The van der Waals surface area contributed by atoms with E-state index < -0.39 is 6.04 Å². The maximum Gasteiger partial charge on any atom is 0.127 e. The number of hydrogen-bond acceptors (Lipinski definition) is 2. The molecule has 0 bridgehead atoms. The summed E-state index contributed by atoms with van der Waals surface area (Å²) in [4.78, 5) is 0. The minimum atomic E-state index is -0.393. The first-order valence-corrected chi connectivity index (χ1v) is 7.01. The van der Waals surface area contributed by atoms with E-state index >= 15 is 0 Å². The number of rotatable bonds is 4. The highest BCUT2D eigenvalue weighted by Gasteiger charge is 2.19. The molecule has 0 aromatic heterocycles. The number of benzene rings is 2. The molecule has 0 saturated heterocycles. The van der Waals surface area contributed by atoms with Gasteiger partial charge in [0.15, 0.2) is 0 Å². The van der Waals surface area contributed by atoms with Crippen molar-refractivity contribution in [3.8, 4) is 0 Å². The van der Waals surface area contributed by atoms with Crippen molar-refractivity contribution in [3.63, 3.8) is 0 Å². The number of nitrogens with one attached hydrogen (secondary N) is 1. The molecule has 6 heteroatoms. The number of hydrazine groups is 1. The Bertz CT molecular complexity index is 599. The monoisotopic (exact) mass is 332 g/mol. The van der Waals surface area contributed by atoms with Crippen LogP contribution < -0.4 is 11.3 Å². The first kappa shape index (κ1) is 15.5. The summed E-state index contributed by atoms with van der Waals surface area (Å²) in [5.41, 5.74) is 3.70.